The Kier molecular flexibility index (Phi) is 10.2. The molecule has 1 saturated carbocycles. The Hall–Kier alpha value is -2.82. The van der Waals surface area contributed by atoms with Gasteiger partial charge in [0.05, 0.1) is 5.41 Å². The lowest BCUT2D eigenvalue weighted by Gasteiger charge is -2.57. The summed E-state index contributed by atoms with van der Waals surface area (Å²) in [6.07, 6.45) is 6.72. The molecule has 3 aromatic carbocycles. The maximum Gasteiger partial charge on any atom is 0.230 e. The van der Waals surface area contributed by atoms with Crippen LogP contribution < -0.4 is 5.32 Å². The van der Waals surface area contributed by atoms with Gasteiger partial charge in [0.1, 0.15) is 5.75 Å². The molecule has 2 N–H and O–H groups in total. The number of aryl methyl sites for hydroxylation is 1. The Morgan fingerprint density at radius 3 is 2.32 bits per heavy atom. The van der Waals surface area contributed by atoms with Crippen LogP contribution in [-0.2, 0) is 22.0 Å². The lowest BCUT2D eigenvalue weighted by atomic mass is 9.57. The number of nitrogens with zero attached hydrogens (tertiary/aromatic N) is 1. The Morgan fingerprint density at radius 1 is 0.976 bits per heavy atom. The average Bonchev–Trinajstić information content (AvgIpc) is 2.98. The fraction of sp³-hybridized carbons (Fsp3) is 0.472. The van der Waals surface area contributed by atoms with Gasteiger partial charge in [-0.15, -0.1) is 12.4 Å². The number of hydrogen-bond acceptors (Lipinski definition) is 3. The van der Waals surface area contributed by atoms with Crippen LogP contribution in [0.25, 0.3) is 0 Å². The normalized spacial score (nSPS) is 24.3. The number of piperidine rings is 1. The van der Waals surface area contributed by atoms with E-state index in [0.717, 1.165) is 63.6 Å². The first-order valence-corrected chi connectivity index (χ1v) is 15.3. The molecule has 2 fully saturated rings. The number of benzene rings is 3. The second-order valence-corrected chi connectivity index (χ2v) is 12.3. The molecule has 41 heavy (non-hydrogen) atoms. The standard InChI is InChI=1S/C36H46N2O2.ClH/c1-4-35(5-2,29-17-10-7-11-18-29)34(40)37-31-23-32-25-36(24-31,30-19-12-20-33(39)22-30)27(3)26-38(32)21-13-16-28-14-8-6-9-15-28;/h6-12,14-15,17-20,22,27,31-32,39H,4-5,13,16,21,23-26H2,1-3H3,(H,37,40);1H/t27-,31+,32+,36+;/m0./s1. The maximum absolute atomic E-state index is 14.1. The zero-order valence-corrected chi connectivity index (χ0v) is 25.7. The van der Waals surface area contributed by atoms with Gasteiger partial charge in [0.15, 0.2) is 0 Å². The van der Waals surface area contributed by atoms with E-state index in [1.807, 2.05) is 30.3 Å². The van der Waals surface area contributed by atoms with Gasteiger partial charge in [0.25, 0.3) is 0 Å². The van der Waals surface area contributed by atoms with E-state index in [4.69, 9.17) is 0 Å². The molecule has 220 valence electrons. The summed E-state index contributed by atoms with van der Waals surface area (Å²) in [5.74, 6) is 0.897. The number of carbonyl (C=O) groups is 1. The number of phenols is 1. The minimum Gasteiger partial charge on any atom is -0.508 e. The highest BCUT2D eigenvalue weighted by Crippen LogP contribution is 2.50. The lowest BCUT2D eigenvalue weighted by molar-refractivity contribution is -0.129. The molecule has 1 heterocycles. The van der Waals surface area contributed by atoms with E-state index in [1.54, 1.807) is 6.07 Å². The van der Waals surface area contributed by atoms with Crippen molar-refractivity contribution in [1.82, 2.24) is 10.2 Å². The van der Waals surface area contributed by atoms with Gasteiger partial charge in [-0.05, 0) is 86.2 Å². The van der Waals surface area contributed by atoms with Gasteiger partial charge in [-0.25, -0.2) is 0 Å². The smallest absolute Gasteiger partial charge is 0.230 e. The van der Waals surface area contributed by atoms with Crippen LogP contribution in [0.3, 0.4) is 0 Å². The third-order valence-electron chi connectivity index (χ3n) is 10.2. The molecule has 4 atom stereocenters. The first-order valence-electron chi connectivity index (χ1n) is 15.3. The van der Waals surface area contributed by atoms with Crippen molar-refractivity contribution >= 4 is 18.3 Å². The summed E-state index contributed by atoms with van der Waals surface area (Å²) in [7, 11) is 0. The minimum atomic E-state index is -0.521. The van der Waals surface area contributed by atoms with Gasteiger partial charge in [0, 0.05) is 24.0 Å². The Labute approximate surface area is 253 Å². The number of rotatable bonds is 10. The molecule has 3 aromatic rings. The number of halogens is 1. The first kappa shape index (κ1) is 31.1. The monoisotopic (exact) mass is 574 g/mol. The van der Waals surface area contributed by atoms with E-state index in [-0.39, 0.29) is 29.8 Å². The maximum atomic E-state index is 14.1. The lowest BCUT2D eigenvalue weighted by Crippen LogP contribution is -2.62. The van der Waals surface area contributed by atoms with Crippen LogP contribution in [0.15, 0.2) is 84.9 Å². The van der Waals surface area contributed by atoms with Crippen LogP contribution in [0.5, 0.6) is 5.75 Å². The molecule has 0 aromatic heterocycles. The van der Waals surface area contributed by atoms with Crippen LogP contribution >= 0.6 is 12.4 Å². The minimum absolute atomic E-state index is 0. The second-order valence-electron chi connectivity index (χ2n) is 12.3. The number of carbonyl (C=O) groups excluding carboxylic acids is 1. The van der Waals surface area contributed by atoms with Crippen molar-refractivity contribution in [2.24, 2.45) is 5.92 Å². The average molecular weight is 575 g/mol. The summed E-state index contributed by atoms with van der Waals surface area (Å²) < 4.78 is 0. The number of aromatic hydroxyl groups is 1. The van der Waals surface area contributed by atoms with Crippen molar-refractivity contribution in [3.8, 4) is 5.75 Å². The van der Waals surface area contributed by atoms with E-state index < -0.39 is 5.41 Å². The SMILES string of the molecule is CCC(CC)(C(=O)N[C@@H]1C[C@@H]2C[C@](c3cccc(O)c3)(C1)[C@@H](C)CN2CCCc1ccccc1)c1ccccc1.Cl. The summed E-state index contributed by atoms with van der Waals surface area (Å²) in [5, 5.41) is 14.0. The molecular formula is C36H47ClN2O2. The van der Waals surface area contributed by atoms with Gasteiger partial charge < -0.3 is 10.4 Å². The molecule has 0 spiro atoms. The molecule has 1 saturated heterocycles. The fourth-order valence-electron chi connectivity index (χ4n) is 7.84. The number of fused-ring (bicyclic) bond motifs is 2. The topological polar surface area (TPSA) is 52.6 Å². The molecule has 2 bridgehead atoms. The third kappa shape index (κ3) is 6.34. The van der Waals surface area contributed by atoms with Crippen molar-refractivity contribution in [1.29, 1.82) is 0 Å². The summed E-state index contributed by atoms with van der Waals surface area (Å²) in [5.41, 5.74) is 3.13. The van der Waals surface area contributed by atoms with Crippen LogP contribution in [-0.4, -0.2) is 41.1 Å². The fourth-order valence-corrected chi connectivity index (χ4v) is 7.84. The van der Waals surface area contributed by atoms with Gasteiger partial charge in [0.2, 0.25) is 5.91 Å². The molecular weight excluding hydrogens is 528 g/mol. The highest BCUT2D eigenvalue weighted by molar-refractivity contribution is 5.88. The number of nitrogens with one attached hydrogen (secondary N) is 1. The van der Waals surface area contributed by atoms with Crippen LogP contribution in [0, 0.1) is 5.92 Å². The predicted octanol–water partition coefficient (Wildman–Crippen LogP) is 7.43. The number of likely N-dealkylation sites (tertiary alicyclic amines) is 1. The summed E-state index contributed by atoms with van der Waals surface area (Å²) in [6.45, 7) is 8.76. The van der Waals surface area contributed by atoms with Crippen molar-refractivity contribution < 1.29 is 9.90 Å². The van der Waals surface area contributed by atoms with Crippen molar-refractivity contribution in [3.63, 3.8) is 0 Å². The summed E-state index contributed by atoms with van der Waals surface area (Å²) in [4.78, 5) is 16.8. The predicted molar refractivity (Wildman–Crippen MR) is 171 cm³/mol. The molecule has 5 heteroatoms. The van der Waals surface area contributed by atoms with Crippen LogP contribution in [0.2, 0.25) is 0 Å². The van der Waals surface area contributed by atoms with Crippen molar-refractivity contribution in [3.05, 3.63) is 102 Å². The quantitative estimate of drug-likeness (QED) is 0.265. The Bertz CT molecular complexity index is 1260. The number of hydrogen-bond donors (Lipinski definition) is 2. The first-order chi connectivity index (χ1) is 19.4. The van der Waals surface area contributed by atoms with E-state index in [1.165, 1.54) is 11.1 Å². The number of phenolic OH excluding ortho intramolecular Hbond substituents is 1. The summed E-state index contributed by atoms with van der Waals surface area (Å²) >= 11 is 0. The van der Waals surface area contributed by atoms with Gasteiger partial charge in [-0.2, -0.15) is 0 Å². The molecule has 4 nitrogen and oxygen atoms in total. The molecule has 0 radical (unpaired) electrons. The molecule has 1 aliphatic carbocycles. The molecule has 0 unspecified atom stereocenters. The molecule has 1 aliphatic heterocycles. The molecule has 1 amide bonds. The Morgan fingerprint density at radius 2 is 1.66 bits per heavy atom. The number of amides is 1. The second kappa shape index (κ2) is 13.4. The van der Waals surface area contributed by atoms with Gasteiger partial charge in [-0.1, -0.05) is 93.6 Å². The summed E-state index contributed by atoms with van der Waals surface area (Å²) in [6, 6.07) is 29.5. The molecule has 2 aliphatic rings. The van der Waals surface area contributed by atoms with Crippen molar-refractivity contribution in [2.75, 3.05) is 13.1 Å². The highest BCUT2D eigenvalue weighted by atomic mass is 35.5. The van der Waals surface area contributed by atoms with E-state index in [9.17, 15) is 9.90 Å². The zero-order chi connectivity index (χ0) is 28.2. The zero-order valence-electron chi connectivity index (χ0n) is 24.9. The Balaban J connectivity index is 0.00000387. The van der Waals surface area contributed by atoms with Gasteiger partial charge in [-0.3, -0.25) is 9.69 Å². The van der Waals surface area contributed by atoms with E-state index in [0.29, 0.717) is 17.7 Å². The van der Waals surface area contributed by atoms with E-state index in [2.05, 4.69) is 79.5 Å². The van der Waals surface area contributed by atoms with Gasteiger partial charge >= 0.3 is 0 Å². The third-order valence-corrected chi connectivity index (χ3v) is 10.2. The van der Waals surface area contributed by atoms with E-state index >= 15 is 0 Å². The highest BCUT2D eigenvalue weighted by Gasteiger charge is 2.51. The van der Waals surface area contributed by atoms with Crippen LogP contribution in [0.1, 0.15) is 76.0 Å². The largest absolute Gasteiger partial charge is 0.508 e. The van der Waals surface area contributed by atoms with Crippen molar-refractivity contribution in [2.45, 2.75) is 88.6 Å². The van der Waals surface area contributed by atoms with Crippen LogP contribution in [0.4, 0.5) is 0 Å². The molecule has 5 rings (SSSR count).